The van der Waals surface area contributed by atoms with Crippen LogP contribution in [0.1, 0.15) is 39.5 Å². The Morgan fingerprint density at radius 3 is 2.00 bits per heavy atom. The van der Waals surface area contributed by atoms with Gasteiger partial charge in [-0.25, -0.2) is 5.01 Å². The molecule has 0 spiro atoms. The highest BCUT2D eigenvalue weighted by atomic mass is 15.4. The van der Waals surface area contributed by atoms with E-state index in [1.165, 1.54) is 25.7 Å². The molecule has 0 amide bonds. The van der Waals surface area contributed by atoms with Crippen LogP contribution in [0.3, 0.4) is 0 Å². The fourth-order valence-electron chi connectivity index (χ4n) is 2.42. The second-order valence-corrected chi connectivity index (χ2v) is 4.84. The van der Waals surface area contributed by atoms with Crippen LogP contribution < -0.4 is 5.84 Å². The topological polar surface area (TPSA) is 32.5 Å². The van der Waals surface area contributed by atoms with Crippen LogP contribution in [0.15, 0.2) is 0 Å². The number of likely N-dealkylation sites (N-methyl/N-ethyl adjacent to an activating group) is 2. The lowest BCUT2D eigenvalue weighted by molar-refractivity contribution is 0.0606. The van der Waals surface area contributed by atoms with Gasteiger partial charge in [0, 0.05) is 25.2 Å². The lowest BCUT2D eigenvalue weighted by atomic mass is 9.88. The Morgan fingerprint density at radius 2 is 1.57 bits per heavy atom. The van der Waals surface area contributed by atoms with Crippen molar-refractivity contribution in [2.45, 2.75) is 57.7 Å². The van der Waals surface area contributed by atoms with Crippen LogP contribution in [-0.4, -0.2) is 42.1 Å². The third-order valence-electron chi connectivity index (χ3n) is 3.55. The molecule has 3 nitrogen and oxygen atoms in total. The average Bonchev–Trinajstić information content (AvgIpc) is 2.16. The van der Waals surface area contributed by atoms with Crippen LogP contribution in [0.25, 0.3) is 0 Å². The second-order valence-electron chi connectivity index (χ2n) is 4.84. The van der Waals surface area contributed by atoms with Gasteiger partial charge in [0.1, 0.15) is 0 Å². The number of hydrogen-bond acceptors (Lipinski definition) is 3. The van der Waals surface area contributed by atoms with Crippen LogP contribution in [0.2, 0.25) is 0 Å². The van der Waals surface area contributed by atoms with Crippen molar-refractivity contribution in [2.24, 2.45) is 5.84 Å². The lowest BCUT2D eigenvalue weighted by Crippen LogP contribution is -2.54. The van der Waals surface area contributed by atoms with Crippen LogP contribution in [0.5, 0.6) is 0 Å². The van der Waals surface area contributed by atoms with Gasteiger partial charge in [0.15, 0.2) is 0 Å². The molecule has 0 aromatic carbocycles. The summed E-state index contributed by atoms with van der Waals surface area (Å²) in [5, 5.41) is 1.91. The Kier molecular flexibility index (Phi) is 4.35. The molecule has 2 N–H and O–H groups in total. The predicted octanol–water partition coefficient (Wildman–Crippen LogP) is 1.44. The van der Waals surface area contributed by atoms with Crippen molar-refractivity contribution in [3.8, 4) is 0 Å². The van der Waals surface area contributed by atoms with Crippen molar-refractivity contribution >= 4 is 0 Å². The van der Waals surface area contributed by atoms with E-state index in [2.05, 4.69) is 25.8 Å². The predicted molar refractivity (Wildman–Crippen MR) is 60.9 cm³/mol. The van der Waals surface area contributed by atoms with E-state index in [4.69, 9.17) is 5.84 Å². The number of nitrogens with zero attached hydrogens (tertiary/aromatic N) is 2. The van der Waals surface area contributed by atoms with Gasteiger partial charge < -0.3 is 0 Å². The minimum absolute atomic E-state index is 0.538. The highest BCUT2D eigenvalue weighted by molar-refractivity contribution is 4.87. The summed E-state index contributed by atoms with van der Waals surface area (Å²) in [4.78, 5) is 2.47. The molecule has 1 fully saturated rings. The summed E-state index contributed by atoms with van der Waals surface area (Å²) in [5.41, 5.74) is 0. The van der Waals surface area contributed by atoms with E-state index in [9.17, 15) is 0 Å². The number of rotatable bonds is 3. The SMILES string of the molecule is CC(C)N(C)C1CCCC[C@H]1N(C)N. The van der Waals surface area contributed by atoms with Gasteiger partial charge >= 0.3 is 0 Å². The minimum atomic E-state index is 0.538. The molecule has 84 valence electrons. The summed E-state index contributed by atoms with van der Waals surface area (Å²) in [6.07, 6.45) is 5.22. The largest absolute Gasteiger partial charge is 0.299 e. The maximum Gasteiger partial charge on any atom is 0.0393 e. The van der Waals surface area contributed by atoms with Crippen LogP contribution in [0, 0.1) is 0 Å². The van der Waals surface area contributed by atoms with E-state index in [1.807, 2.05) is 12.1 Å². The molecule has 3 heteroatoms. The molecule has 1 aliphatic rings. The highest BCUT2D eigenvalue weighted by Gasteiger charge is 2.30. The maximum absolute atomic E-state index is 5.90. The zero-order valence-corrected chi connectivity index (χ0v) is 10.0. The molecule has 1 unspecified atom stereocenters. The van der Waals surface area contributed by atoms with Gasteiger partial charge in [-0.1, -0.05) is 12.8 Å². The first-order valence-electron chi connectivity index (χ1n) is 5.73. The first-order chi connectivity index (χ1) is 6.54. The van der Waals surface area contributed by atoms with Crippen molar-refractivity contribution in [2.75, 3.05) is 14.1 Å². The molecule has 0 bridgehead atoms. The van der Waals surface area contributed by atoms with E-state index in [0.29, 0.717) is 18.1 Å². The fraction of sp³-hybridized carbons (Fsp3) is 1.00. The molecule has 0 aromatic heterocycles. The minimum Gasteiger partial charge on any atom is -0.299 e. The Labute approximate surface area is 88.2 Å². The van der Waals surface area contributed by atoms with E-state index >= 15 is 0 Å². The van der Waals surface area contributed by atoms with Crippen LogP contribution in [-0.2, 0) is 0 Å². The Hall–Kier alpha value is -0.120. The molecular formula is C11H25N3. The number of nitrogens with two attached hydrogens (primary N) is 1. The normalized spacial score (nSPS) is 29.1. The van der Waals surface area contributed by atoms with Gasteiger partial charge in [-0.3, -0.25) is 10.7 Å². The van der Waals surface area contributed by atoms with Gasteiger partial charge in [-0.2, -0.15) is 0 Å². The van der Waals surface area contributed by atoms with Gasteiger partial charge in [0.25, 0.3) is 0 Å². The van der Waals surface area contributed by atoms with E-state index in [1.54, 1.807) is 0 Å². The van der Waals surface area contributed by atoms with Crippen molar-refractivity contribution < 1.29 is 0 Å². The first-order valence-corrected chi connectivity index (χ1v) is 5.73. The summed E-state index contributed by atoms with van der Waals surface area (Å²) < 4.78 is 0. The number of hydrogen-bond donors (Lipinski definition) is 1. The van der Waals surface area contributed by atoms with Gasteiger partial charge in [0.05, 0.1) is 0 Å². The average molecular weight is 199 g/mol. The lowest BCUT2D eigenvalue weighted by Gasteiger charge is -2.42. The summed E-state index contributed by atoms with van der Waals surface area (Å²) in [6.45, 7) is 4.50. The molecule has 0 radical (unpaired) electrons. The highest BCUT2D eigenvalue weighted by Crippen LogP contribution is 2.25. The zero-order valence-electron chi connectivity index (χ0n) is 10.0. The molecule has 0 saturated heterocycles. The molecule has 1 aliphatic carbocycles. The monoisotopic (exact) mass is 199 g/mol. The fourth-order valence-corrected chi connectivity index (χ4v) is 2.42. The van der Waals surface area contributed by atoms with Gasteiger partial charge in [-0.15, -0.1) is 0 Å². The van der Waals surface area contributed by atoms with E-state index < -0.39 is 0 Å². The standard InChI is InChI=1S/C11H25N3/c1-9(2)13(3)10-7-5-6-8-11(10)14(4)12/h9-11H,5-8,12H2,1-4H3/t10?,11-/m1/s1. The number of hydrazine groups is 1. The van der Waals surface area contributed by atoms with E-state index in [-0.39, 0.29) is 0 Å². The molecule has 0 aliphatic heterocycles. The first kappa shape index (κ1) is 12.0. The van der Waals surface area contributed by atoms with Crippen molar-refractivity contribution in [3.63, 3.8) is 0 Å². The summed E-state index contributed by atoms with van der Waals surface area (Å²) in [7, 11) is 4.22. The molecule has 14 heavy (non-hydrogen) atoms. The van der Waals surface area contributed by atoms with Crippen LogP contribution >= 0.6 is 0 Å². The molecule has 2 atom stereocenters. The molecule has 1 rings (SSSR count). The zero-order chi connectivity index (χ0) is 10.7. The molecule has 0 aromatic rings. The third kappa shape index (κ3) is 2.69. The third-order valence-corrected chi connectivity index (χ3v) is 3.55. The summed E-state index contributed by atoms with van der Waals surface area (Å²) in [5.74, 6) is 5.90. The summed E-state index contributed by atoms with van der Waals surface area (Å²) in [6, 6.07) is 1.79. The van der Waals surface area contributed by atoms with Crippen molar-refractivity contribution in [3.05, 3.63) is 0 Å². The second kappa shape index (κ2) is 5.10. The van der Waals surface area contributed by atoms with Crippen LogP contribution in [0.4, 0.5) is 0 Å². The maximum atomic E-state index is 5.90. The van der Waals surface area contributed by atoms with Crippen molar-refractivity contribution in [1.82, 2.24) is 9.91 Å². The van der Waals surface area contributed by atoms with Crippen molar-refractivity contribution in [1.29, 1.82) is 0 Å². The van der Waals surface area contributed by atoms with E-state index in [0.717, 1.165) is 0 Å². The smallest absolute Gasteiger partial charge is 0.0393 e. The Balaban J connectivity index is 2.62. The molecular weight excluding hydrogens is 174 g/mol. The Morgan fingerprint density at radius 1 is 1.07 bits per heavy atom. The molecule has 1 saturated carbocycles. The van der Waals surface area contributed by atoms with Gasteiger partial charge in [-0.05, 0) is 33.7 Å². The molecule has 0 heterocycles. The van der Waals surface area contributed by atoms with Gasteiger partial charge in [0.2, 0.25) is 0 Å². The quantitative estimate of drug-likeness (QED) is 0.551. The Bertz CT molecular complexity index is 168. The summed E-state index contributed by atoms with van der Waals surface area (Å²) >= 11 is 0.